The molecule has 2 heterocycles. The van der Waals surface area contributed by atoms with Gasteiger partial charge in [-0.25, -0.2) is 0 Å². The molecule has 3 aromatic carbocycles. The van der Waals surface area contributed by atoms with E-state index in [1.54, 1.807) is 31.1 Å². The summed E-state index contributed by atoms with van der Waals surface area (Å²) in [5.41, 5.74) is 6.58. The molecule has 0 aliphatic carbocycles. The van der Waals surface area contributed by atoms with Crippen LogP contribution in [0.25, 0.3) is 22.5 Å². The summed E-state index contributed by atoms with van der Waals surface area (Å²) in [5.74, 6) is 1.80. The van der Waals surface area contributed by atoms with E-state index in [9.17, 15) is 4.79 Å². The molecule has 5 aromatic rings. The number of carbonyl (C=O) groups is 1. The van der Waals surface area contributed by atoms with E-state index in [1.807, 2.05) is 79.7 Å². The number of thioether (sulfide) groups is 1. The maximum absolute atomic E-state index is 13.0. The number of aromatic nitrogens is 3. The molecule has 5 rings (SSSR count). The number of nitrogens with one attached hydrogen (secondary N) is 1. The Morgan fingerprint density at radius 3 is 2.38 bits per heavy atom. The van der Waals surface area contributed by atoms with Crippen molar-refractivity contribution < 1.29 is 9.32 Å². The number of amides is 1. The van der Waals surface area contributed by atoms with Crippen molar-refractivity contribution in [2.75, 3.05) is 5.32 Å². The summed E-state index contributed by atoms with van der Waals surface area (Å²) in [5, 5.41) is 6.98. The zero-order valence-electron chi connectivity index (χ0n) is 20.2. The molecule has 0 atom stereocenters. The zero-order chi connectivity index (χ0) is 25.8. The molecule has 0 fully saturated rings. The molecule has 0 spiro atoms. The Hall–Kier alpha value is -3.75. The van der Waals surface area contributed by atoms with Crippen LogP contribution in [0.15, 0.2) is 99.1 Å². The van der Waals surface area contributed by atoms with Crippen LogP contribution in [0.5, 0.6) is 0 Å². The summed E-state index contributed by atoms with van der Waals surface area (Å²) in [6, 6.07) is 23.7. The lowest BCUT2D eigenvalue weighted by molar-refractivity contribution is 0.102. The number of hydrogen-bond donors (Lipinski definition) is 1. The van der Waals surface area contributed by atoms with Gasteiger partial charge in [0.25, 0.3) is 5.91 Å². The molecule has 0 saturated carbocycles. The Labute approximate surface area is 227 Å². The van der Waals surface area contributed by atoms with Gasteiger partial charge in [-0.1, -0.05) is 23.4 Å². The minimum Gasteiger partial charge on any atom is -0.339 e. The average molecular weight is 572 g/mol. The van der Waals surface area contributed by atoms with Gasteiger partial charge in [-0.15, -0.1) is 11.8 Å². The second kappa shape index (κ2) is 11.1. The third-order valence-electron chi connectivity index (χ3n) is 5.80. The highest BCUT2D eigenvalue weighted by atomic mass is 79.9. The van der Waals surface area contributed by atoms with Crippen molar-refractivity contribution in [3.8, 4) is 22.5 Å². The molecule has 0 saturated heterocycles. The maximum Gasteiger partial charge on any atom is 0.256 e. The highest BCUT2D eigenvalue weighted by Crippen LogP contribution is 2.31. The first kappa shape index (κ1) is 24.9. The van der Waals surface area contributed by atoms with Crippen molar-refractivity contribution in [2.24, 2.45) is 0 Å². The number of hydrogen-bond acceptors (Lipinski definition) is 6. The fourth-order valence-corrected chi connectivity index (χ4v) is 5.30. The van der Waals surface area contributed by atoms with Crippen molar-refractivity contribution >= 4 is 39.3 Å². The van der Waals surface area contributed by atoms with Crippen LogP contribution in [-0.4, -0.2) is 21.0 Å². The van der Waals surface area contributed by atoms with Gasteiger partial charge in [0.15, 0.2) is 0 Å². The fraction of sp³-hybridized carbons (Fsp3) is 0.103. The predicted molar refractivity (Wildman–Crippen MR) is 151 cm³/mol. The summed E-state index contributed by atoms with van der Waals surface area (Å²) in [6.45, 7) is 3.81. The van der Waals surface area contributed by atoms with Crippen molar-refractivity contribution in [3.05, 3.63) is 112 Å². The van der Waals surface area contributed by atoms with Gasteiger partial charge in [0, 0.05) is 45.7 Å². The summed E-state index contributed by atoms with van der Waals surface area (Å²) >= 11 is 5.33. The zero-order valence-corrected chi connectivity index (χ0v) is 22.6. The van der Waals surface area contributed by atoms with Crippen LogP contribution in [0.1, 0.15) is 27.4 Å². The second-order valence-corrected chi connectivity index (χ2v) is 10.4. The molecule has 37 heavy (non-hydrogen) atoms. The fourth-order valence-electron chi connectivity index (χ4n) is 3.89. The number of rotatable bonds is 7. The van der Waals surface area contributed by atoms with E-state index in [4.69, 9.17) is 4.52 Å². The number of nitrogens with zero attached hydrogens (tertiary/aromatic N) is 3. The number of pyridine rings is 1. The lowest BCUT2D eigenvalue weighted by Gasteiger charge is -2.11. The normalized spacial score (nSPS) is 10.9. The van der Waals surface area contributed by atoms with Crippen LogP contribution in [0.2, 0.25) is 0 Å². The Morgan fingerprint density at radius 1 is 0.946 bits per heavy atom. The van der Waals surface area contributed by atoms with Crippen LogP contribution >= 0.6 is 27.7 Å². The van der Waals surface area contributed by atoms with E-state index in [0.29, 0.717) is 17.3 Å². The monoisotopic (exact) mass is 570 g/mol. The van der Waals surface area contributed by atoms with Crippen molar-refractivity contribution in [3.63, 3.8) is 0 Å². The third-order valence-corrected chi connectivity index (χ3v) is 7.54. The molecule has 0 radical (unpaired) electrons. The molecule has 184 valence electrons. The lowest BCUT2D eigenvalue weighted by atomic mass is 9.97. The molecule has 1 amide bonds. The van der Waals surface area contributed by atoms with Gasteiger partial charge in [0.2, 0.25) is 11.7 Å². The van der Waals surface area contributed by atoms with Gasteiger partial charge < -0.3 is 9.84 Å². The Bertz CT molecular complexity index is 1550. The second-order valence-electron chi connectivity index (χ2n) is 8.48. The molecular formula is C29H23BrN4O2S. The standard InChI is InChI=1S/C29H23BrN4O2S/c1-18-15-22(28-32-19(2)36-34-28)4-9-25(18)21-3-10-26(27(30)16-21)29(35)33-23-5-7-24(8-6-23)37-17-20-11-13-31-14-12-20/h3-16H,17H2,1-2H3,(H,33,35). The average Bonchev–Trinajstić information content (AvgIpc) is 3.35. The van der Waals surface area contributed by atoms with E-state index in [2.05, 4.69) is 36.4 Å². The molecule has 0 unspecified atom stereocenters. The largest absolute Gasteiger partial charge is 0.339 e. The smallest absolute Gasteiger partial charge is 0.256 e. The summed E-state index contributed by atoms with van der Waals surface area (Å²) in [4.78, 5) is 22.5. The molecular weight excluding hydrogens is 548 g/mol. The topological polar surface area (TPSA) is 80.9 Å². The number of aryl methyl sites for hydroxylation is 2. The van der Waals surface area contributed by atoms with E-state index in [1.165, 1.54) is 5.56 Å². The Kier molecular flexibility index (Phi) is 7.48. The molecule has 8 heteroatoms. The van der Waals surface area contributed by atoms with Crippen molar-refractivity contribution in [2.45, 2.75) is 24.5 Å². The summed E-state index contributed by atoms with van der Waals surface area (Å²) in [6.07, 6.45) is 3.60. The maximum atomic E-state index is 13.0. The Balaban J connectivity index is 1.25. The molecule has 0 bridgehead atoms. The summed E-state index contributed by atoms with van der Waals surface area (Å²) < 4.78 is 5.82. The number of carbonyl (C=O) groups excluding carboxylic acids is 1. The van der Waals surface area contributed by atoms with Gasteiger partial charge in [0.05, 0.1) is 5.56 Å². The highest BCUT2D eigenvalue weighted by Gasteiger charge is 2.14. The van der Waals surface area contributed by atoms with Crippen LogP contribution < -0.4 is 5.32 Å². The van der Waals surface area contributed by atoms with Crippen LogP contribution in [0, 0.1) is 13.8 Å². The molecule has 6 nitrogen and oxygen atoms in total. The van der Waals surface area contributed by atoms with E-state index in [0.717, 1.165) is 43.1 Å². The number of anilines is 1. The minimum absolute atomic E-state index is 0.171. The first-order valence-corrected chi connectivity index (χ1v) is 13.4. The first-order chi connectivity index (χ1) is 18.0. The van der Waals surface area contributed by atoms with Crippen LogP contribution in [-0.2, 0) is 5.75 Å². The van der Waals surface area contributed by atoms with Crippen molar-refractivity contribution in [1.82, 2.24) is 15.1 Å². The van der Waals surface area contributed by atoms with Gasteiger partial charge in [0.1, 0.15) is 0 Å². The van der Waals surface area contributed by atoms with Gasteiger partial charge >= 0.3 is 0 Å². The number of halogens is 1. The van der Waals surface area contributed by atoms with Crippen molar-refractivity contribution in [1.29, 1.82) is 0 Å². The minimum atomic E-state index is -0.171. The molecule has 1 N–H and O–H groups in total. The van der Waals surface area contributed by atoms with Gasteiger partial charge in [-0.2, -0.15) is 4.98 Å². The van der Waals surface area contributed by atoms with Crippen LogP contribution in [0.3, 0.4) is 0 Å². The first-order valence-electron chi connectivity index (χ1n) is 11.6. The molecule has 0 aliphatic heterocycles. The van der Waals surface area contributed by atoms with Gasteiger partial charge in [-0.05, 0) is 99.7 Å². The number of benzene rings is 3. The highest BCUT2D eigenvalue weighted by molar-refractivity contribution is 9.10. The molecule has 2 aromatic heterocycles. The third kappa shape index (κ3) is 5.98. The van der Waals surface area contributed by atoms with E-state index < -0.39 is 0 Å². The predicted octanol–water partition coefficient (Wildman–Crippen LogP) is 7.72. The van der Waals surface area contributed by atoms with Gasteiger partial charge in [-0.3, -0.25) is 9.78 Å². The van der Waals surface area contributed by atoms with Crippen LogP contribution in [0.4, 0.5) is 5.69 Å². The SMILES string of the molecule is Cc1nc(-c2ccc(-c3ccc(C(=O)Nc4ccc(SCc5ccncc5)cc4)c(Br)c3)c(C)c2)no1. The quantitative estimate of drug-likeness (QED) is 0.202. The Morgan fingerprint density at radius 2 is 1.70 bits per heavy atom. The lowest BCUT2D eigenvalue weighted by Crippen LogP contribution is -2.12. The van der Waals surface area contributed by atoms with E-state index >= 15 is 0 Å². The van der Waals surface area contributed by atoms with E-state index in [-0.39, 0.29) is 5.91 Å². The molecule has 0 aliphatic rings. The summed E-state index contributed by atoms with van der Waals surface area (Å²) in [7, 11) is 0.